The van der Waals surface area contributed by atoms with Gasteiger partial charge in [-0.25, -0.2) is 0 Å². The van der Waals surface area contributed by atoms with E-state index in [4.69, 9.17) is 0 Å². The van der Waals surface area contributed by atoms with E-state index < -0.39 is 10.1 Å². The third kappa shape index (κ3) is 9.90. The molecule has 1 aromatic carbocycles. The molecule has 0 heterocycles. The first kappa shape index (κ1) is 24.6. The van der Waals surface area contributed by atoms with Crippen molar-refractivity contribution in [3.63, 3.8) is 0 Å². The van der Waals surface area contributed by atoms with Crippen molar-refractivity contribution in [3.8, 4) is 5.75 Å². The molecule has 132 valence electrons. The van der Waals surface area contributed by atoms with E-state index in [9.17, 15) is 18.1 Å². The van der Waals surface area contributed by atoms with Gasteiger partial charge in [-0.1, -0.05) is 76.8 Å². The van der Waals surface area contributed by atoms with Gasteiger partial charge in [0.05, 0.1) is 4.90 Å². The number of benzene rings is 1. The Kier molecular flexibility index (Phi) is 14.1. The van der Waals surface area contributed by atoms with Crippen LogP contribution in [0.4, 0.5) is 0 Å². The summed E-state index contributed by atoms with van der Waals surface area (Å²) in [6.07, 6.45) is 12.2. The Morgan fingerprint density at radius 2 is 1.42 bits per heavy atom. The molecule has 0 unspecified atom stereocenters. The Morgan fingerprint density at radius 3 is 1.92 bits per heavy atom. The molecule has 1 aromatic rings. The Balaban J connectivity index is 0.00000529. The first-order valence-corrected chi connectivity index (χ1v) is 10.2. The maximum Gasteiger partial charge on any atom is 1.00 e. The fourth-order valence-corrected chi connectivity index (χ4v) is 3.59. The first-order valence-electron chi connectivity index (χ1n) is 8.73. The summed E-state index contributed by atoms with van der Waals surface area (Å²) in [6.45, 7) is 2.22. The molecule has 0 saturated carbocycles. The molecule has 0 atom stereocenters. The normalized spacial score (nSPS) is 11.2. The Labute approximate surface area is 189 Å². The van der Waals surface area contributed by atoms with Gasteiger partial charge < -0.3 is 5.11 Å². The molecule has 0 bridgehead atoms. The smallest absolute Gasteiger partial charge is 0.872 e. The zero-order chi connectivity index (χ0) is 17.1. The molecule has 0 radical (unpaired) electrons. The Morgan fingerprint density at radius 1 is 0.917 bits per heavy atom. The fourth-order valence-electron chi connectivity index (χ4n) is 2.82. The largest absolute Gasteiger partial charge is 1.00 e. The van der Waals surface area contributed by atoms with Crippen molar-refractivity contribution in [3.05, 3.63) is 23.8 Å². The summed E-state index contributed by atoms with van der Waals surface area (Å²) in [6, 6.07) is 4.01. The van der Waals surface area contributed by atoms with Crippen molar-refractivity contribution in [2.24, 2.45) is 0 Å². The zero-order valence-electron chi connectivity index (χ0n) is 15.1. The van der Waals surface area contributed by atoms with E-state index in [0.717, 1.165) is 19.3 Å². The van der Waals surface area contributed by atoms with Crippen molar-refractivity contribution in [2.75, 3.05) is 0 Å². The van der Waals surface area contributed by atoms with Crippen LogP contribution in [-0.2, 0) is 16.5 Å². The molecule has 1 rings (SSSR count). The van der Waals surface area contributed by atoms with Gasteiger partial charge in [0.2, 0.25) is 0 Å². The summed E-state index contributed by atoms with van der Waals surface area (Å²) in [7, 11) is -4.32. The minimum absolute atomic E-state index is 0. The van der Waals surface area contributed by atoms with Crippen LogP contribution in [0.15, 0.2) is 23.1 Å². The molecule has 0 aliphatic heterocycles. The Bertz CT molecular complexity index is 558. The van der Waals surface area contributed by atoms with Crippen LogP contribution in [-0.4, -0.2) is 13.0 Å². The topological polar surface area (TPSA) is 77.4 Å². The first-order chi connectivity index (χ1) is 11.0. The molecule has 1 N–H and O–H groups in total. The molecule has 0 fully saturated rings. The number of unbranched alkanes of at least 4 members (excludes halogenated alkanes) is 9. The zero-order valence-corrected chi connectivity index (χ0v) is 19.0. The summed E-state index contributed by atoms with van der Waals surface area (Å²) < 4.78 is 31.8. The van der Waals surface area contributed by atoms with E-state index in [0.29, 0.717) is 6.42 Å². The predicted molar refractivity (Wildman–Crippen MR) is 91.3 cm³/mol. The van der Waals surface area contributed by atoms with Gasteiger partial charge in [-0.3, -0.25) is 4.55 Å². The predicted octanol–water partition coefficient (Wildman–Crippen LogP) is 1.47. The molecule has 0 aliphatic carbocycles. The summed E-state index contributed by atoms with van der Waals surface area (Å²) in [5.41, 5.74) is 0.217. The molecular weight excluding hydrogens is 351 g/mol. The summed E-state index contributed by atoms with van der Waals surface area (Å²) in [5.74, 6) is -0.309. The van der Waals surface area contributed by atoms with E-state index in [2.05, 4.69) is 6.92 Å². The third-order valence-corrected chi connectivity index (χ3v) is 5.09. The monoisotopic (exact) mass is 380 g/mol. The maximum absolute atomic E-state index is 11.8. The van der Waals surface area contributed by atoms with Gasteiger partial charge in [0.1, 0.15) is 0 Å². The third-order valence-electron chi connectivity index (χ3n) is 4.15. The van der Waals surface area contributed by atoms with Crippen molar-refractivity contribution >= 4 is 10.1 Å². The minimum Gasteiger partial charge on any atom is -0.872 e. The van der Waals surface area contributed by atoms with Crippen LogP contribution in [0.3, 0.4) is 0 Å². The minimum atomic E-state index is -4.32. The molecule has 0 amide bonds. The molecule has 24 heavy (non-hydrogen) atoms. The molecule has 4 nitrogen and oxygen atoms in total. The standard InChI is InChI=1S/C18H30O4S.K/c1-2-3-4-5-6-7-8-9-10-11-13-16-17(19)14-12-15-18(16)23(20,21)22;/h12,14-15,19H,2-11,13H2,1H3,(H,20,21,22);/q;+1/p-1. The van der Waals surface area contributed by atoms with Crippen LogP contribution >= 0.6 is 0 Å². The van der Waals surface area contributed by atoms with Crippen LogP contribution in [0.5, 0.6) is 5.75 Å². The van der Waals surface area contributed by atoms with Gasteiger partial charge in [-0.15, -0.1) is 5.75 Å². The molecular formula is C18H29KO4S. The van der Waals surface area contributed by atoms with Crippen LogP contribution in [0.1, 0.15) is 76.7 Å². The van der Waals surface area contributed by atoms with Crippen LogP contribution in [0, 0.1) is 0 Å². The van der Waals surface area contributed by atoms with Crippen molar-refractivity contribution in [2.45, 2.75) is 82.4 Å². The summed E-state index contributed by atoms with van der Waals surface area (Å²) >= 11 is 0. The van der Waals surface area contributed by atoms with Gasteiger partial charge in [0.25, 0.3) is 10.1 Å². The van der Waals surface area contributed by atoms with Crippen molar-refractivity contribution < 1.29 is 69.5 Å². The SMILES string of the molecule is CCCCCCCCCCCCc1c([O-])cccc1S(=O)(=O)O.[K+]. The van der Waals surface area contributed by atoms with E-state index in [-0.39, 0.29) is 67.6 Å². The van der Waals surface area contributed by atoms with Gasteiger partial charge >= 0.3 is 51.4 Å². The van der Waals surface area contributed by atoms with Crippen LogP contribution in [0.25, 0.3) is 0 Å². The van der Waals surface area contributed by atoms with E-state index >= 15 is 0 Å². The Hall–Kier alpha value is 0.566. The molecule has 0 aliphatic rings. The van der Waals surface area contributed by atoms with E-state index in [1.807, 2.05) is 0 Å². The van der Waals surface area contributed by atoms with Crippen LogP contribution in [0.2, 0.25) is 0 Å². The number of hydrogen-bond donors (Lipinski definition) is 1. The van der Waals surface area contributed by atoms with Gasteiger partial charge in [-0.05, 0) is 24.5 Å². The maximum atomic E-state index is 11.8. The average molecular weight is 381 g/mol. The number of rotatable bonds is 12. The molecule has 0 saturated heterocycles. The average Bonchev–Trinajstić information content (AvgIpc) is 2.49. The quantitative estimate of drug-likeness (QED) is 0.338. The van der Waals surface area contributed by atoms with Crippen molar-refractivity contribution in [1.82, 2.24) is 0 Å². The second-order valence-electron chi connectivity index (χ2n) is 6.14. The second-order valence-corrected chi connectivity index (χ2v) is 7.53. The molecule has 6 heteroatoms. The van der Waals surface area contributed by atoms with Gasteiger partial charge in [0.15, 0.2) is 0 Å². The van der Waals surface area contributed by atoms with Gasteiger partial charge in [-0.2, -0.15) is 8.42 Å². The fraction of sp³-hybridized carbons (Fsp3) is 0.667. The molecule has 0 spiro atoms. The molecule has 0 aromatic heterocycles. The van der Waals surface area contributed by atoms with Crippen molar-refractivity contribution in [1.29, 1.82) is 0 Å². The summed E-state index contributed by atoms with van der Waals surface area (Å²) in [5, 5.41) is 11.8. The van der Waals surface area contributed by atoms with Gasteiger partial charge in [0, 0.05) is 0 Å². The van der Waals surface area contributed by atoms with E-state index in [1.165, 1.54) is 63.1 Å². The number of hydrogen-bond acceptors (Lipinski definition) is 3. The van der Waals surface area contributed by atoms with E-state index in [1.54, 1.807) is 0 Å². The summed E-state index contributed by atoms with van der Waals surface area (Å²) in [4.78, 5) is -0.235. The second kappa shape index (κ2) is 13.7. The van der Waals surface area contributed by atoms with Crippen LogP contribution < -0.4 is 56.5 Å².